The lowest BCUT2D eigenvalue weighted by molar-refractivity contribution is -0.167. The third-order valence-corrected chi connectivity index (χ3v) is 1.70. The smallest absolute Gasteiger partial charge is 0.337 e. The van der Waals surface area contributed by atoms with E-state index in [1.54, 1.807) is 0 Å². The van der Waals surface area contributed by atoms with E-state index in [0.717, 1.165) is 7.11 Å². The fraction of sp³-hybridized carbons (Fsp3) is 0.857. The molecule has 0 aromatic carbocycles. The van der Waals surface area contributed by atoms with Crippen LogP contribution in [0.4, 0.5) is 0 Å². The lowest BCUT2D eigenvalue weighted by Gasteiger charge is -2.23. The minimum Gasteiger partial charge on any atom is -0.467 e. The molecular formula is C7H14O7. The van der Waals surface area contributed by atoms with Crippen LogP contribution in [0.2, 0.25) is 0 Å². The van der Waals surface area contributed by atoms with Gasteiger partial charge in [0, 0.05) is 0 Å². The molecule has 0 bridgehead atoms. The number of hydrogen-bond donors (Lipinski definition) is 5. The van der Waals surface area contributed by atoms with Crippen LogP contribution in [0.1, 0.15) is 0 Å². The van der Waals surface area contributed by atoms with E-state index in [9.17, 15) is 4.79 Å². The zero-order valence-corrected chi connectivity index (χ0v) is 7.57. The quantitative estimate of drug-likeness (QED) is 0.299. The van der Waals surface area contributed by atoms with E-state index in [1.165, 1.54) is 0 Å². The van der Waals surface area contributed by atoms with E-state index < -0.39 is 37.0 Å². The molecule has 84 valence electrons. The molecule has 0 amide bonds. The van der Waals surface area contributed by atoms with E-state index >= 15 is 0 Å². The monoisotopic (exact) mass is 210 g/mol. The lowest BCUT2D eigenvalue weighted by atomic mass is 10.0. The highest BCUT2D eigenvalue weighted by atomic mass is 16.5. The topological polar surface area (TPSA) is 127 Å². The molecule has 0 saturated heterocycles. The van der Waals surface area contributed by atoms with Crippen molar-refractivity contribution in [1.29, 1.82) is 0 Å². The number of methoxy groups -OCH3 is 1. The zero-order chi connectivity index (χ0) is 11.3. The summed E-state index contributed by atoms with van der Waals surface area (Å²) in [5, 5.41) is 44.5. The second-order valence-electron chi connectivity index (χ2n) is 2.70. The van der Waals surface area contributed by atoms with Gasteiger partial charge in [-0.15, -0.1) is 0 Å². The fourth-order valence-electron chi connectivity index (χ4n) is 0.783. The van der Waals surface area contributed by atoms with Gasteiger partial charge >= 0.3 is 5.97 Å². The number of rotatable bonds is 5. The second kappa shape index (κ2) is 5.89. The zero-order valence-electron chi connectivity index (χ0n) is 7.57. The summed E-state index contributed by atoms with van der Waals surface area (Å²) >= 11 is 0. The van der Waals surface area contributed by atoms with Gasteiger partial charge in [-0.25, -0.2) is 4.79 Å². The lowest BCUT2D eigenvalue weighted by Crippen LogP contribution is -2.48. The summed E-state index contributed by atoms with van der Waals surface area (Å²) in [5.41, 5.74) is 0. The molecule has 0 heterocycles. The molecule has 0 fully saturated rings. The van der Waals surface area contributed by atoms with Gasteiger partial charge in [-0.05, 0) is 0 Å². The summed E-state index contributed by atoms with van der Waals surface area (Å²) in [7, 11) is 0.993. The number of carbonyl (C=O) groups excluding carboxylic acids is 1. The van der Waals surface area contributed by atoms with Crippen molar-refractivity contribution in [2.45, 2.75) is 24.4 Å². The summed E-state index contributed by atoms with van der Waals surface area (Å²) in [6, 6.07) is 0. The van der Waals surface area contributed by atoms with Crippen LogP contribution in [-0.4, -0.2) is 69.6 Å². The van der Waals surface area contributed by atoms with Crippen LogP contribution in [0, 0.1) is 0 Å². The first kappa shape index (κ1) is 13.3. The number of ether oxygens (including phenoxy) is 1. The van der Waals surface area contributed by atoms with E-state index in [4.69, 9.17) is 25.5 Å². The SMILES string of the molecule is COC(=O)[C@@H](O)[C@H](O)[C@H](O)C(O)CO. The van der Waals surface area contributed by atoms with Crippen LogP contribution < -0.4 is 0 Å². The fourth-order valence-corrected chi connectivity index (χ4v) is 0.783. The Morgan fingerprint density at radius 3 is 2.07 bits per heavy atom. The second-order valence-corrected chi connectivity index (χ2v) is 2.70. The highest BCUT2D eigenvalue weighted by Crippen LogP contribution is 2.05. The van der Waals surface area contributed by atoms with Gasteiger partial charge < -0.3 is 30.3 Å². The van der Waals surface area contributed by atoms with Crippen LogP contribution in [-0.2, 0) is 9.53 Å². The average Bonchev–Trinajstić information content (AvgIpc) is 2.23. The standard InChI is InChI=1S/C7H14O7/c1-14-7(13)6(12)5(11)4(10)3(9)2-8/h3-6,8-12H,2H2,1H3/t3?,4-,5-,6+/m1/s1. The van der Waals surface area contributed by atoms with Crippen molar-refractivity contribution in [2.75, 3.05) is 13.7 Å². The molecule has 0 spiro atoms. The molecule has 5 N–H and O–H groups in total. The molecule has 14 heavy (non-hydrogen) atoms. The number of aliphatic hydroxyl groups is 5. The highest BCUT2D eigenvalue weighted by Gasteiger charge is 2.34. The Hall–Kier alpha value is -0.730. The van der Waals surface area contributed by atoms with Gasteiger partial charge in [-0.3, -0.25) is 0 Å². The highest BCUT2D eigenvalue weighted by molar-refractivity contribution is 5.75. The molecule has 7 nitrogen and oxygen atoms in total. The van der Waals surface area contributed by atoms with E-state index in [2.05, 4.69) is 4.74 Å². The predicted molar refractivity (Wildman–Crippen MR) is 43.1 cm³/mol. The Kier molecular flexibility index (Phi) is 5.58. The van der Waals surface area contributed by atoms with Crippen LogP contribution in [0.5, 0.6) is 0 Å². The van der Waals surface area contributed by atoms with E-state index in [-0.39, 0.29) is 0 Å². The minimum absolute atomic E-state index is 0.799. The van der Waals surface area contributed by atoms with Crippen LogP contribution >= 0.6 is 0 Å². The number of aliphatic hydroxyl groups excluding tert-OH is 5. The number of carbonyl (C=O) groups is 1. The van der Waals surface area contributed by atoms with Crippen molar-refractivity contribution < 1.29 is 35.1 Å². The molecule has 0 aliphatic rings. The number of esters is 1. The van der Waals surface area contributed by atoms with E-state index in [0.29, 0.717) is 0 Å². The van der Waals surface area contributed by atoms with E-state index in [1.807, 2.05) is 0 Å². The number of hydrogen-bond acceptors (Lipinski definition) is 7. The summed E-state index contributed by atoms with van der Waals surface area (Å²) in [4.78, 5) is 10.7. The van der Waals surface area contributed by atoms with Crippen molar-refractivity contribution in [3.63, 3.8) is 0 Å². The molecule has 4 atom stereocenters. The van der Waals surface area contributed by atoms with Gasteiger partial charge in [-0.2, -0.15) is 0 Å². The molecule has 0 aromatic rings. The third kappa shape index (κ3) is 3.20. The molecule has 0 aliphatic carbocycles. The summed E-state index contributed by atoms with van der Waals surface area (Å²) in [5.74, 6) is -1.14. The maximum atomic E-state index is 10.7. The summed E-state index contributed by atoms with van der Waals surface area (Å²) in [6.07, 6.45) is -7.33. The van der Waals surface area contributed by atoms with Gasteiger partial charge in [0.05, 0.1) is 13.7 Å². The van der Waals surface area contributed by atoms with Crippen molar-refractivity contribution in [1.82, 2.24) is 0 Å². The molecule has 0 aliphatic heterocycles. The van der Waals surface area contributed by atoms with Gasteiger partial charge in [0.25, 0.3) is 0 Å². The maximum absolute atomic E-state index is 10.7. The molecule has 1 unspecified atom stereocenters. The first-order valence-electron chi connectivity index (χ1n) is 3.86. The Morgan fingerprint density at radius 2 is 1.71 bits per heavy atom. The Balaban J connectivity index is 4.30. The van der Waals surface area contributed by atoms with Gasteiger partial charge in [-0.1, -0.05) is 0 Å². The Morgan fingerprint density at radius 1 is 1.21 bits per heavy atom. The van der Waals surface area contributed by atoms with Crippen molar-refractivity contribution in [3.05, 3.63) is 0 Å². The summed E-state index contributed by atoms with van der Waals surface area (Å²) < 4.78 is 4.09. The first-order valence-corrected chi connectivity index (χ1v) is 3.86. The van der Waals surface area contributed by atoms with Crippen LogP contribution in [0.15, 0.2) is 0 Å². The van der Waals surface area contributed by atoms with Crippen molar-refractivity contribution in [3.8, 4) is 0 Å². The minimum atomic E-state index is -1.96. The molecule has 7 heteroatoms. The van der Waals surface area contributed by atoms with Gasteiger partial charge in [0.15, 0.2) is 6.10 Å². The largest absolute Gasteiger partial charge is 0.467 e. The molecular weight excluding hydrogens is 196 g/mol. The normalized spacial score (nSPS) is 19.6. The van der Waals surface area contributed by atoms with Crippen LogP contribution in [0.3, 0.4) is 0 Å². The van der Waals surface area contributed by atoms with Crippen molar-refractivity contribution in [2.24, 2.45) is 0 Å². The molecule has 0 aromatic heterocycles. The average molecular weight is 210 g/mol. The predicted octanol–water partition coefficient (Wildman–Crippen LogP) is -3.40. The molecule has 0 radical (unpaired) electrons. The van der Waals surface area contributed by atoms with Gasteiger partial charge in [0.2, 0.25) is 0 Å². The summed E-state index contributed by atoms with van der Waals surface area (Å²) in [6.45, 7) is -0.799. The third-order valence-electron chi connectivity index (χ3n) is 1.70. The molecule has 0 saturated carbocycles. The maximum Gasteiger partial charge on any atom is 0.337 e. The van der Waals surface area contributed by atoms with Crippen LogP contribution in [0.25, 0.3) is 0 Å². The van der Waals surface area contributed by atoms with Gasteiger partial charge in [0.1, 0.15) is 18.3 Å². The molecule has 0 rings (SSSR count). The Bertz CT molecular complexity index is 183. The van der Waals surface area contributed by atoms with Crippen molar-refractivity contribution >= 4 is 5.97 Å². The Labute approximate surface area is 80.2 Å². The first-order chi connectivity index (χ1) is 6.45.